The Hall–Kier alpha value is -2.27. The molecular weight excluding hydrogens is 390 g/mol. The largest absolute Gasteiger partial charge is 0.469 e. The van der Waals surface area contributed by atoms with Gasteiger partial charge < -0.3 is 19.9 Å². The van der Waals surface area contributed by atoms with E-state index in [-0.39, 0.29) is 46.3 Å². The van der Waals surface area contributed by atoms with Crippen LogP contribution in [-0.4, -0.2) is 23.4 Å². The molecule has 5 nitrogen and oxygen atoms in total. The van der Waals surface area contributed by atoms with Crippen LogP contribution in [0.2, 0.25) is 10.0 Å². The van der Waals surface area contributed by atoms with Crippen molar-refractivity contribution in [1.82, 2.24) is 4.98 Å². The first-order valence-corrected chi connectivity index (χ1v) is 7.95. The number of aromatic nitrogens is 1. The smallest absolute Gasteiger partial charge is 0.231 e. The number of nitrogens with two attached hydrogens (primary N) is 1. The minimum Gasteiger partial charge on any atom is -0.469 e. The average molecular weight is 399 g/mol. The van der Waals surface area contributed by atoms with E-state index >= 15 is 0 Å². The van der Waals surface area contributed by atoms with Crippen LogP contribution in [0.15, 0.2) is 12.1 Å². The molecule has 0 fully saturated rings. The average Bonchev–Trinajstić information content (AvgIpc) is 3.09. The van der Waals surface area contributed by atoms with Crippen LogP contribution in [0.4, 0.5) is 10.1 Å². The zero-order valence-corrected chi connectivity index (χ0v) is 14.8. The van der Waals surface area contributed by atoms with Crippen LogP contribution in [0, 0.1) is 18.2 Å². The number of nitrogen functional groups attached to an aromatic ring is 1. The van der Waals surface area contributed by atoms with E-state index in [2.05, 4.69) is 10.9 Å². The van der Waals surface area contributed by atoms with Crippen molar-refractivity contribution < 1.29 is 18.6 Å². The van der Waals surface area contributed by atoms with Gasteiger partial charge in [0.05, 0.1) is 15.7 Å². The second-order valence-corrected chi connectivity index (χ2v) is 5.95. The van der Waals surface area contributed by atoms with E-state index < -0.39 is 5.82 Å². The van der Waals surface area contributed by atoms with Crippen molar-refractivity contribution in [3.8, 4) is 35.1 Å². The van der Waals surface area contributed by atoms with Crippen LogP contribution in [0.25, 0.3) is 11.3 Å². The molecule has 0 radical (unpaired) electrons. The summed E-state index contributed by atoms with van der Waals surface area (Å²) in [5.41, 5.74) is 5.61. The Morgan fingerprint density at radius 1 is 1.40 bits per heavy atom. The zero-order valence-electron chi connectivity index (χ0n) is 12.4. The Balaban J connectivity index is 2.18. The van der Waals surface area contributed by atoms with Crippen LogP contribution in [0.5, 0.6) is 11.5 Å². The molecule has 2 N–H and O–H groups in total. The van der Waals surface area contributed by atoms with Crippen molar-refractivity contribution in [2.24, 2.45) is 0 Å². The fraction of sp³-hybridized carbons (Fsp3) is 0.125. The van der Waals surface area contributed by atoms with Crippen LogP contribution < -0.4 is 15.2 Å². The minimum absolute atomic E-state index is 0.00318. The van der Waals surface area contributed by atoms with Crippen molar-refractivity contribution in [1.29, 1.82) is 0 Å². The number of rotatable bonds is 3. The molecule has 1 aliphatic heterocycles. The molecule has 2 aromatic rings. The summed E-state index contributed by atoms with van der Waals surface area (Å²) in [5, 5.41) is 0.0661. The van der Waals surface area contributed by atoms with Crippen LogP contribution in [0.3, 0.4) is 0 Å². The summed E-state index contributed by atoms with van der Waals surface area (Å²) >= 11 is 17.2. The van der Waals surface area contributed by atoms with Gasteiger partial charge in [0, 0.05) is 5.56 Å². The molecule has 1 aromatic heterocycles. The molecule has 2 heterocycles. The van der Waals surface area contributed by atoms with E-state index in [9.17, 15) is 4.39 Å². The fourth-order valence-corrected chi connectivity index (χ4v) is 2.88. The number of thiocarbonyl (C=S) groups is 1. The van der Waals surface area contributed by atoms with Crippen LogP contribution in [0.1, 0.15) is 5.69 Å². The maximum Gasteiger partial charge on any atom is 0.231 e. The van der Waals surface area contributed by atoms with Crippen LogP contribution >= 0.6 is 35.4 Å². The number of pyridine rings is 1. The third kappa shape index (κ3) is 3.04. The van der Waals surface area contributed by atoms with Crippen molar-refractivity contribution in [3.63, 3.8) is 0 Å². The molecule has 25 heavy (non-hydrogen) atoms. The number of anilines is 1. The Labute approximate surface area is 157 Å². The van der Waals surface area contributed by atoms with Gasteiger partial charge in [-0.15, -0.1) is 6.42 Å². The Morgan fingerprint density at radius 2 is 2.12 bits per heavy atom. The lowest BCUT2D eigenvalue weighted by Gasteiger charge is -2.13. The van der Waals surface area contributed by atoms with Gasteiger partial charge in [0.1, 0.15) is 18.0 Å². The van der Waals surface area contributed by atoms with Gasteiger partial charge in [0.15, 0.2) is 17.3 Å². The molecular formula is C16H9Cl2FN2O3S. The molecule has 0 atom stereocenters. The molecule has 3 rings (SSSR count). The predicted octanol–water partition coefficient (Wildman–Crippen LogP) is 3.83. The lowest BCUT2D eigenvalue weighted by Crippen LogP contribution is -2.11. The molecule has 0 spiro atoms. The summed E-state index contributed by atoms with van der Waals surface area (Å²) in [6, 6.07) is 3.06. The van der Waals surface area contributed by atoms with Crippen molar-refractivity contribution in [3.05, 3.63) is 33.7 Å². The van der Waals surface area contributed by atoms with Gasteiger partial charge in [-0.25, -0.2) is 9.37 Å². The van der Waals surface area contributed by atoms with Gasteiger partial charge in [-0.3, -0.25) is 0 Å². The van der Waals surface area contributed by atoms with E-state index in [1.165, 1.54) is 12.1 Å². The van der Waals surface area contributed by atoms with Crippen molar-refractivity contribution in [2.45, 2.75) is 0 Å². The summed E-state index contributed by atoms with van der Waals surface area (Å²) in [6.07, 6.45) is 5.13. The predicted molar refractivity (Wildman–Crippen MR) is 96.7 cm³/mol. The number of benzene rings is 1. The second kappa shape index (κ2) is 6.92. The molecule has 1 aromatic carbocycles. The minimum atomic E-state index is -0.825. The highest BCUT2D eigenvalue weighted by Gasteiger charge is 2.27. The third-order valence-corrected chi connectivity index (χ3v) is 4.31. The zero-order chi connectivity index (χ0) is 18.1. The number of hydrogen-bond donors (Lipinski definition) is 1. The highest BCUT2D eigenvalue weighted by atomic mass is 35.5. The molecule has 0 saturated heterocycles. The summed E-state index contributed by atoms with van der Waals surface area (Å²) < 4.78 is 30.5. The second-order valence-electron chi connectivity index (χ2n) is 4.79. The molecule has 0 unspecified atom stereocenters. The number of fused-ring (bicyclic) bond motifs is 1. The Morgan fingerprint density at radius 3 is 2.84 bits per heavy atom. The first kappa shape index (κ1) is 17.5. The summed E-state index contributed by atoms with van der Waals surface area (Å²) in [7, 11) is 0. The molecule has 0 saturated carbocycles. The first-order chi connectivity index (χ1) is 12.0. The van der Waals surface area contributed by atoms with Crippen LogP contribution in [-0.2, 0) is 4.74 Å². The molecule has 0 amide bonds. The number of nitrogens with zero attached hydrogens (tertiary/aromatic N) is 1. The number of terminal acetylenes is 1. The highest BCUT2D eigenvalue weighted by molar-refractivity contribution is 7.80. The fourth-order valence-electron chi connectivity index (χ4n) is 2.20. The monoisotopic (exact) mass is 398 g/mol. The maximum atomic E-state index is 14.7. The van der Waals surface area contributed by atoms with Gasteiger partial charge >= 0.3 is 0 Å². The molecule has 1 aliphatic rings. The van der Waals surface area contributed by atoms with E-state index in [4.69, 9.17) is 61.8 Å². The molecule has 0 bridgehead atoms. The summed E-state index contributed by atoms with van der Waals surface area (Å²) in [4.78, 5) is 4.16. The van der Waals surface area contributed by atoms with Crippen molar-refractivity contribution in [2.75, 3.05) is 19.1 Å². The number of halogens is 3. The highest BCUT2D eigenvalue weighted by Crippen LogP contribution is 2.46. The number of ether oxygens (including phenoxy) is 3. The standard InChI is InChI=1S/C16H9Cl2FN2O3S/c1-2-5-22-16(25)13-9(18)11(20)10(19)12(21-13)7-3-4-8(17)15-14(7)23-6-24-15/h1,3-4H,5-6H2,(H2,20,21). The van der Waals surface area contributed by atoms with Gasteiger partial charge in [0.25, 0.3) is 0 Å². The molecule has 9 heteroatoms. The van der Waals surface area contributed by atoms with E-state index in [0.717, 1.165) is 0 Å². The Kier molecular flexibility index (Phi) is 4.86. The van der Waals surface area contributed by atoms with Gasteiger partial charge in [-0.05, 0) is 24.4 Å². The van der Waals surface area contributed by atoms with E-state index in [1.807, 2.05) is 0 Å². The quantitative estimate of drug-likeness (QED) is 0.625. The van der Waals surface area contributed by atoms with Gasteiger partial charge in [0.2, 0.25) is 11.8 Å². The molecule has 0 aliphatic carbocycles. The normalized spacial score (nSPS) is 11.9. The Bertz CT molecular complexity index is 931. The van der Waals surface area contributed by atoms with Gasteiger partial charge in [-0.2, -0.15) is 0 Å². The lowest BCUT2D eigenvalue weighted by atomic mass is 10.1. The topological polar surface area (TPSA) is 66.6 Å². The third-order valence-electron chi connectivity index (χ3n) is 3.32. The van der Waals surface area contributed by atoms with Crippen molar-refractivity contribution >= 4 is 46.2 Å². The lowest BCUT2D eigenvalue weighted by molar-refractivity contribution is 0.174. The van der Waals surface area contributed by atoms with E-state index in [1.54, 1.807) is 0 Å². The molecule has 128 valence electrons. The van der Waals surface area contributed by atoms with E-state index in [0.29, 0.717) is 16.3 Å². The summed E-state index contributed by atoms with van der Waals surface area (Å²) in [6.45, 7) is -0.135. The summed E-state index contributed by atoms with van der Waals surface area (Å²) in [5.74, 6) is 1.98. The first-order valence-electron chi connectivity index (χ1n) is 6.79. The van der Waals surface area contributed by atoms with Gasteiger partial charge in [-0.1, -0.05) is 29.1 Å². The number of hydrogen-bond acceptors (Lipinski definition) is 6. The maximum absolute atomic E-state index is 14.7. The SMILES string of the molecule is C#CCOC(=S)c1nc(-c2ccc(Cl)c3c2OCO3)c(F)c(N)c1Cl.